The van der Waals surface area contributed by atoms with Crippen LogP contribution in [0, 0.1) is 5.82 Å². The van der Waals surface area contributed by atoms with Gasteiger partial charge in [0.25, 0.3) is 0 Å². The Hall–Kier alpha value is -0.940. The largest absolute Gasteiger partial charge is 0.309 e. The summed E-state index contributed by atoms with van der Waals surface area (Å²) in [5, 5.41) is 4.49. The van der Waals surface area contributed by atoms with Crippen LogP contribution < -0.4 is 5.32 Å². The molecule has 0 fully saturated rings. The first-order chi connectivity index (χ1) is 10.2. The van der Waals surface area contributed by atoms with E-state index >= 15 is 0 Å². The van der Waals surface area contributed by atoms with Crippen LogP contribution in [0.25, 0.3) is 10.1 Å². The maximum Gasteiger partial charge on any atom is 0.123 e. The molecule has 1 nitrogen and oxygen atoms in total. The van der Waals surface area contributed by atoms with Crippen molar-refractivity contribution >= 4 is 44.4 Å². The molecule has 0 bridgehead atoms. The fourth-order valence-electron chi connectivity index (χ4n) is 2.39. The third-order valence-electron chi connectivity index (χ3n) is 3.33. The second-order valence-electron chi connectivity index (χ2n) is 4.85. The highest BCUT2D eigenvalue weighted by molar-refractivity contribution is 7.19. The van der Waals surface area contributed by atoms with Gasteiger partial charge in [0.05, 0.1) is 4.34 Å². The molecule has 0 spiro atoms. The third kappa shape index (κ3) is 3.46. The molecule has 0 amide bonds. The number of halogens is 2. The molecule has 3 rings (SSSR count). The molecule has 1 N–H and O–H groups in total. The van der Waals surface area contributed by atoms with Gasteiger partial charge >= 0.3 is 0 Å². The molecule has 0 aliphatic heterocycles. The fraction of sp³-hybridized carbons (Fsp3) is 0.250. The number of rotatable bonds is 5. The Labute approximate surface area is 136 Å². The van der Waals surface area contributed by atoms with Crippen LogP contribution in [0.3, 0.4) is 0 Å². The normalized spacial score (nSPS) is 12.9. The van der Waals surface area contributed by atoms with Crippen molar-refractivity contribution in [3.63, 3.8) is 0 Å². The number of hydrogen-bond donors (Lipinski definition) is 1. The van der Waals surface area contributed by atoms with Crippen LogP contribution in [-0.4, -0.2) is 6.54 Å². The van der Waals surface area contributed by atoms with Gasteiger partial charge in [0.2, 0.25) is 0 Å². The summed E-state index contributed by atoms with van der Waals surface area (Å²) in [5.41, 5.74) is 0. The quantitative estimate of drug-likeness (QED) is 0.633. The Kier molecular flexibility index (Phi) is 4.60. The Morgan fingerprint density at radius 3 is 2.76 bits per heavy atom. The molecular formula is C16H15ClFNS2. The van der Waals surface area contributed by atoms with E-state index in [1.165, 1.54) is 15.8 Å². The van der Waals surface area contributed by atoms with Gasteiger partial charge in [-0.2, -0.15) is 0 Å². The van der Waals surface area contributed by atoms with E-state index in [4.69, 9.17) is 11.6 Å². The van der Waals surface area contributed by atoms with Crippen molar-refractivity contribution in [2.45, 2.75) is 19.4 Å². The molecule has 0 aliphatic rings. The average Bonchev–Trinajstić information content (AvgIpc) is 3.04. The molecular weight excluding hydrogens is 325 g/mol. The van der Waals surface area contributed by atoms with Crippen LogP contribution in [0.5, 0.6) is 0 Å². The van der Waals surface area contributed by atoms with E-state index in [0.29, 0.717) is 0 Å². The minimum absolute atomic E-state index is 0.183. The van der Waals surface area contributed by atoms with Crippen molar-refractivity contribution in [1.29, 1.82) is 0 Å². The minimum atomic E-state index is -0.183. The summed E-state index contributed by atoms with van der Waals surface area (Å²) < 4.78 is 15.3. The predicted molar refractivity (Wildman–Crippen MR) is 91.2 cm³/mol. The molecule has 110 valence electrons. The number of benzene rings is 1. The molecule has 2 heterocycles. The van der Waals surface area contributed by atoms with Crippen LogP contribution in [0.4, 0.5) is 4.39 Å². The Morgan fingerprint density at radius 2 is 2.05 bits per heavy atom. The summed E-state index contributed by atoms with van der Waals surface area (Å²) >= 11 is 9.35. The molecule has 1 aromatic carbocycles. The molecule has 21 heavy (non-hydrogen) atoms. The molecule has 5 heteroatoms. The summed E-state index contributed by atoms with van der Waals surface area (Å²) in [4.78, 5) is 2.50. The summed E-state index contributed by atoms with van der Waals surface area (Å²) in [6.45, 7) is 2.99. The van der Waals surface area contributed by atoms with Crippen molar-refractivity contribution < 1.29 is 4.39 Å². The van der Waals surface area contributed by atoms with Crippen LogP contribution in [0.15, 0.2) is 36.4 Å². The van der Waals surface area contributed by atoms with E-state index in [-0.39, 0.29) is 11.9 Å². The Bertz CT molecular complexity index is 750. The van der Waals surface area contributed by atoms with Crippen molar-refractivity contribution in [3.8, 4) is 0 Å². The zero-order valence-corrected chi connectivity index (χ0v) is 13.9. The van der Waals surface area contributed by atoms with E-state index in [9.17, 15) is 4.39 Å². The minimum Gasteiger partial charge on any atom is -0.309 e. The van der Waals surface area contributed by atoms with Gasteiger partial charge in [-0.15, -0.1) is 22.7 Å². The SMILES string of the molecule is CCNC(Cc1ccc(Cl)s1)c1cc2cc(F)ccc2s1. The lowest BCUT2D eigenvalue weighted by molar-refractivity contribution is 0.562. The number of thiophene rings is 2. The maximum atomic E-state index is 13.3. The maximum absolute atomic E-state index is 13.3. The Balaban J connectivity index is 1.90. The summed E-state index contributed by atoms with van der Waals surface area (Å²) in [7, 11) is 0. The molecule has 0 saturated heterocycles. The van der Waals surface area contributed by atoms with Crippen LogP contribution >= 0.6 is 34.3 Å². The van der Waals surface area contributed by atoms with Crippen molar-refractivity contribution in [2.24, 2.45) is 0 Å². The van der Waals surface area contributed by atoms with Crippen LogP contribution in [0.2, 0.25) is 4.34 Å². The van der Waals surface area contributed by atoms with Gasteiger partial charge in [-0.05, 0) is 48.3 Å². The molecule has 2 aromatic heterocycles. The summed E-state index contributed by atoms with van der Waals surface area (Å²) in [5.74, 6) is -0.183. The van der Waals surface area contributed by atoms with E-state index in [1.54, 1.807) is 28.7 Å². The molecule has 1 atom stereocenters. The number of likely N-dealkylation sites (N-methyl/N-ethyl adjacent to an activating group) is 1. The van der Waals surface area contributed by atoms with E-state index in [1.807, 2.05) is 12.1 Å². The summed E-state index contributed by atoms with van der Waals surface area (Å²) in [6.07, 6.45) is 0.903. The second-order valence-corrected chi connectivity index (χ2v) is 7.77. The predicted octanol–water partition coefficient (Wildman–Crippen LogP) is 5.65. The molecule has 1 unspecified atom stereocenters. The second kappa shape index (κ2) is 6.44. The fourth-order valence-corrected chi connectivity index (χ4v) is 4.64. The molecule has 0 aliphatic carbocycles. The third-order valence-corrected chi connectivity index (χ3v) is 5.81. The number of hydrogen-bond acceptors (Lipinski definition) is 3. The van der Waals surface area contributed by atoms with Gasteiger partial charge in [-0.25, -0.2) is 4.39 Å². The topological polar surface area (TPSA) is 12.0 Å². The zero-order valence-electron chi connectivity index (χ0n) is 11.5. The van der Waals surface area contributed by atoms with Crippen molar-refractivity contribution in [3.05, 3.63) is 56.3 Å². The highest BCUT2D eigenvalue weighted by Gasteiger charge is 2.15. The zero-order chi connectivity index (χ0) is 14.8. The molecule has 0 radical (unpaired) electrons. The smallest absolute Gasteiger partial charge is 0.123 e. The first-order valence-corrected chi connectivity index (χ1v) is 8.83. The van der Waals surface area contributed by atoms with E-state index in [2.05, 4.69) is 24.4 Å². The van der Waals surface area contributed by atoms with Gasteiger partial charge in [0.15, 0.2) is 0 Å². The highest BCUT2D eigenvalue weighted by Crippen LogP contribution is 2.33. The van der Waals surface area contributed by atoms with Gasteiger partial charge in [0, 0.05) is 26.9 Å². The lowest BCUT2D eigenvalue weighted by atomic mass is 10.1. The van der Waals surface area contributed by atoms with Gasteiger partial charge in [-0.1, -0.05) is 18.5 Å². The van der Waals surface area contributed by atoms with E-state index in [0.717, 1.165) is 27.4 Å². The monoisotopic (exact) mass is 339 g/mol. The van der Waals surface area contributed by atoms with Crippen molar-refractivity contribution in [1.82, 2.24) is 5.32 Å². The van der Waals surface area contributed by atoms with Gasteiger partial charge in [0.1, 0.15) is 5.82 Å². The van der Waals surface area contributed by atoms with Crippen molar-refractivity contribution in [2.75, 3.05) is 6.54 Å². The van der Waals surface area contributed by atoms with Crippen LogP contribution in [-0.2, 0) is 6.42 Å². The first-order valence-electron chi connectivity index (χ1n) is 6.82. The van der Waals surface area contributed by atoms with Gasteiger partial charge in [-0.3, -0.25) is 0 Å². The Morgan fingerprint density at radius 1 is 1.19 bits per heavy atom. The molecule has 0 saturated carbocycles. The van der Waals surface area contributed by atoms with E-state index < -0.39 is 0 Å². The average molecular weight is 340 g/mol. The highest BCUT2D eigenvalue weighted by atomic mass is 35.5. The molecule has 3 aromatic rings. The van der Waals surface area contributed by atoms with Gasteiger partial charge < -0.3 is 5.32 Å². The lowest BCUT2D eigenvalue weighted by Gasteiger charge is -2.15. The number of fused-ring (bicyclic) bond motifs is 1. The lowest BCUT2D eigenvalue weighted by Crippen LogP contribution is -2.21. The standard InChI is InChI=1S/C16H15ClFNS2/c1-2-19-13(9-12-4-6-16(17)20-12)15-8-10-7-11(18)3-5-14(10)21-15/h3-8,13,19H,2,9H2,1H3. The first kappa shape index (κ1) is 15.0. The summed E-state index contributed by atoms with van der Waals surface area (Å²) in [6, 6.07) is 11.3. The number of nitrogens with one attached hydrogen (secondary N) is 1. The van der Waals surface area contributed by atoms with Crippen LogP contribution in [0.1, 0.15) is 22.7 Å².